The maximum absolute atomic E-state index is 11.1. The SMILES string of the molecule is CCCOc1ccc(C=O)c(OCc2cccc(O)c2)c1. The predicted molar refractivity (Wildman–Crippen MR) is 80.1 cm³/mol. The van der Waals surface area contributed by atoms with Crippen LogP contribution in [-0.2, 0) is 6.61 Å². The van der Waals surface area contributed by atoms with Gasteiger partial charge in [0, 0.05) is 6.07 Å². The van der Waals surface area contributed by atoms with Gasteiger partial charge in [-0.15, -0.1) is 0 Å². The van der Waals surface area contributed by atoms with E-state index in [0.29, 0.717) is 23.7 Å². The van der Waals surface area contributed by atoms with Crippen molar-refractivity contribution < 1.29 is 19.4 Å². The molecule has 4 nitrogen and oxygen atoms in total. The third-order valence-electron chi connectivity index (χ3n) is 2.89. The summed E-state index contributed by atoms with van der Waals surface area (Å²) in [5.41, 5.74) is 1.30. The molecule has 0 radical (unpaired) electrons. The molecule has 2 aromatic rings. The molecule has 0 amide bonds. The van der Waals surface area contributed by atoms with Crippen molar-refractivity contribution in [2.24, 2.45) is 0 Å². The van der Waals surface area contributed by atoms with E-state index in [9.17, 15) is 9.90 Å². The number of phenols is 1. The van der Waals surface area contributed by atoms with E-state index >= 15 is 0 Å². The Kier molecular flexibility index (Phi) is 5.21. The van der Waals surface area contributed by atoms with Crippen LogP contribution in [0.15, 0.2) is 42.5 Å². The summed E-state index contributed by atoms with van der Waals surface area (Å²) >= 11 is 0. The first-order valence-electron chi connectivity index (χ1n) is 6.85. The second-order valence-electron chi connectivity index (χ2n) is 4.62. The smallest absolute Gasteiger partial charge is 0.153 e. The molecule has 1 N–H and O–H groups in total. The highest BCUT2D eigenvalue weighted by molar-refractivity contribution is 5.79. The highest BCUT2D eigenvalue weighted by Gasteiger charge is 2.06. The number of carbonyl (C=O) groups excluding carboxylic acids is 1. The van der Waals surface area contributed by atoms with Crippen LogP contribution in [0.1, 0.15) is 29.3 Å². The molecule has 0 unspecified atom stereocenters. The molecule has 0 aromatic heterocycles. The number of hydrogen-bond acceptors (Lipinski definition) is 4. The lowest BCUT2D eigenvalue weighted by molar-refractivity contribution is 0.111. The lowest BCUT2D eigenvalue weighted by Crippen LogP contribution is -2.00. The molecular formula is C17H18O4. The molecule has 110 valence electrons. The molecule has 0 spiro atoms. The predicted octanol–water partition coefficient (Wildman–Crippen LogP) is 3.57. The van der Waals surface area contributed by atoms with E-state index in [1.54, 1.807) is 36.4 Å². The van der Waals surface area contributed by atoms with Gasteiger partial charge in [-0.1, -0.05) is 19.1 Å². The Morgan fingerprint density at radius 1 is 1.14 bits per heavy atom. The van der Waals surface area contributed by atoms with E-state index in [2.05, 4.69) is 0 Å². The fourth-order valence-corrected chi connectivity index (χ4v) is 1.85. The molecule has 0 aliphatic rings. The van der Waals surface area contributed by atoms with Gasteiger partial charge in [-0.05, 0) is 36.2 Å². The third kappa shape index (κ3) is 4.24. The minimum absolute atomic E-state index is 0.187. The Balaban J connectivity index is 2.11. The lowest BCUT2D eigenvalue weighted by atomic mass is 10.2. The van der Waals surface area contributed by atoms with Crippen molar-refractivity contribution in [3.05, 3.63) is 53.6 Å². The first-order chi connectivity index (χ1) is 10.2. The van der Waals surface area contributed by atoms with Gasteiger partial charge in [-0.3, -0.25) is 4.79 Å². The van der Waals surface area contributed by atoms with Crippen LogP contribution in [0.4, 0.5) is 0 Å². The highest BCUT2D eigenvalue weighted by Crippen LogP contribution is 2.25. The Hall–Kier alpha value is -2.49. The maximum Gasteiger partial charge on any atom is 0.153 e. The number of carbonyl (C=O) groups is 1. The Bertz CT molecular complexity index is 607. The molecular weight excluding hydrogens is 268 g/mol. The van der Waals surface area contributed by atoms with E-state index in [1.807, 2.05) is 13.0 Å². The third-order valence-corrected chi connectivity index (χ3v) is 2.89. The summed E-state index contributed by atoms with van der Waals surface area (Å²) in [6, 6.07) is 11.9. The first kappa shape index (κ1) is 14.9. The van der Waals surface area contributed by atoms with Crippen molar-refractivity contribution in [3.8, 4) is 17.2 Å². The van der Waals surface area contributed by atoms with E-state index in [-0.39, 0.29) is 12.4 Å². The highest BCUT2D eigenvalue weighted by atomic mass is 16.5. The standard InChI is InChI=1S/C17H18O4/c1-2-8-20-16-7-6-14(11-18)17(10-16)21-12-13-4-3-5-15(19)9-13/h3-7,9-11,19H,2,8,12H2,1H3. The Morgan fingerprint density at radius 3 is 2.71 bits per heavy atom. The van der Waals surface area contributed by atoms with Crippen molar-refractivity contribution >= 4 is 6.29 Å². The molecule has 0 aliphatic heterocycles. The van der Waals surface area contributed by atoms with E-state index < -0.39 is 0 Å². The summed E-state index contributed by atoms with van der Waals surface area (Å²) in [5.74, 6) is 1.34. The van der Waals surface area contributed by atoms with Crippen LogP contribution in [0.2, 0.25) is 0 Å². The van der Waals surface area contributed by atoms with Gasteiger partial charge in [0.05, 0.1) is 12.2 Å². The van der Waals surface area contributed by atoms with Gasteiger partial charge in [-0.25, -0.2) is 0 Å². The Labute approximate surface area is 123 Å². The van der Waals surface area contributed by atoms with Crippen LogP contribution >= 0.6 is 0 Å². The van der Waals surface area contributed by atoms with Gasteiger partial charge in [0.1, 0.15) is 23.9 Å². The molecule has 0 atom stereocenters. The second-order valence-corrected chi connectivity index (χ2v) is 4.62. The summed E-state index contributed by atoms with van der Waals surface area (Å²) in [5, 5.41) is 9.42. The van der Waals surface area contributed by atoms with Gasteiger partial charge >= 0.3 is 0 Å². The van der Waals surface area contributed by atoms with Crippen LogP contribution in [0.5, 0.6) is 17.2 Å². The fraction of sp³-hybridized carbons (Fsp3) is 0.235. The van der Waals surface area contributed by atoms with Gasteiger partial charge in [0.2, 0.25) is 0 Å². The molecule has 0 saturated carbocycles. The molecule has 0 bridgehead atoms. The van der Waals surface area contributed by atoms with Crippen molar-refractivity contribution in [1.29, 1.82) is 0 Å². The number of ether oxygens (including phenoxy) is 2. The van der Waals surface area contributed by atoms with E-state index in [0.717, 1.165) is 18.3 Å². The van der Waals surface area contributed by atoms with Crippen LogP contribution < -0.4 is 9.47 Å². The monoisotopic (exact) mass is 286 g/mol. The molecule has 21 heavy (non-hydrogen) atoms. The van der Waals surface area contributed by atoms with Crippen molar-refractivity contribution in [2.75, 3.05) is 6.61 Å². The number of aldehydes is 1. The molecule has 2 aromatic carbocycles. The molecule has 0 heterocycles. The first-order valence-corrected chi connectivity index (χ1v) is 6.85. The van der Waals surface area contributed by atoms with Crippen molar-refractivity contribution in [3.63, 3.8) is 0 Å². The molecule has 0 aliphatic carbocycles. The largest absolute Gasteiger partial charge is 0.508 e. The van der Waals surface area contributed by atoms with Gasteiger partial charge in [-0.2, -0.15) is 0 Å². The number of benzene rings is 2. The van der Waals surface area contributed by atoms with Crippen molar-refractivity contribution in [2.45, 2.75) is 20.0 Å². The summed E-state index contributed by atoms with van der Waals surface area (Å²) < 4.78 is 11.2. The maximum atomic E-state index is 11.1. The Morgan fingerprint density at radius 2 is 2.00 bits per heavy atom. The zero-order chi connectivity index (χ0) is 15.1. The lowest BCUT2D eigenvalue weighted by Gasteiger charge is -2.11. The number of aromatic hydroxyl groups is 1. The fourth-order valence-electron chi connectivity index (χ4n) is 1.85. The molecule has 2 rings (SSSR count). The van der Waals surface area contributed by atoms with Gasteiger partial charge in [0.25, 0.3) is 0 Å². The van der Waals surface area contributed by atoms with Crippen LogP contribution in [0, 0.1) is 0 Å². The molecule has 0 saturated heterocycles. The van der Waals surface area contributed by atoms with Crippen LogP contribution in [-0.4, -0.2) is 18.0 Å². The summed E-state index contributed by atoms with van der Waals surface area (Å²) in [7, 11) is 0. The molecule has 0 fully saturated rings. The quantitative estimate of drug-likeness (QED) is 0.790. The number of hydrogen-bond donors (Lipinski definition) is 1. The number of rotatable bonds is 7. The van der Waals surface area contributed by atoms with Gasteiger partial charge < -0.3 is 14.6 Å². The summed E-state index contributed by atoms with van der Waals surface area (Å²) in [6.45, 7) is 2.91. The summed E-state index contributed by atoms with van der Waals surface area (Å²) in [4.78, 5) is 11.1. The molecule has 4 heteroatoms. The average Bonchev–Trinajstić information content (AvgIpc) is 2.51. The van der Waals surface area contributed by atoms with Gasteiger partial charge in [0.15, 0.2) is 6.29 Å². The topological polar surface area (TPSA) is 55.8 Å². The second kappa shape index (κ2) is 7.33. The normalized spacial score (nSPS) is 10.1. The van der Waals surface area contributed by atoms with Crippen molar-refractivity contribution in [1.82, 2.24) is 0 Å². The zero-order valence-corrected chi connectivity index (χ0v) is 11.9. The summed E-state index contributed by atoms with van der Waals surface area (Å²) in [6.07, 6.45) is 1.66. The van der Waals surface area contributed by atoms with E-state index in [4.69, 9.17) is 9.47 Å². The average molecular weight is 286 g/mol. The minimum Gasteiger partial charge on any atom is -0.508 e. The zero-order valence-electron chi connectivity index (χ0n) is 11.9. The number of phenolic OH excluding ortho intramolecular Hbond substituents is 1. The van der Waals surface area contributed by atoms with Crippen LogP contribution in [0.3, 0.4) is 0 Å². The minimum atomic E-state index is 0.187. The van der Waals surface area contributed by atoms with Crippen LogP contribution in [0.25, 0.3) is 0 Å². The van der Waals surface area contributed by atoms with E-state index in [1.165, 1.54) is 0 Å².